The number of aryl methyl sites for hydroxylation is 2. The standard InChI is InChI=1S/C23H29N3O/c1-16-7-8-21-20(12-16)19-9-11-25(3)15-17(22(19)26(21)4)13-23(2,27)18-6-5-10-24-14-18/h5-8,10,12,14,17,27H,9,11,13,15H2,1-4H3. The van der Waals surface area contributed by atoms with Gasteiger partial charge in [-0.1, -0.05) is 17.7 Å². The smallest absolute Gasteiger partial charge is 0.0890 e. The predicted octanol–water partition coefficient (Wildman–Crippen LogP) is 3.75. The first-order chi connectivity index (χ1) is 12.9. The third-order valence-electron chi connectivity index (χ3n) is 6.10. The number of nitrogens with zero attached hydrogens (tertiary/aromatic N) is 3. The van der Waals surface area contributed by atoms with E-state index < -0.39 is 5.60 Å². The van der Waals surface area contributed by atoms with Crippen LogP contribution in [0.5, 0.6) is 0 Å². The molecule has 1 N–H and O–H groups in total. The van der Waals surface area contributed by atoms with Crippen molar-refractivity contribution < 1.29 is 5.11 Å². The van der Waals surface area contributed by atoms with Crippen molar-refractivity contribution in [1.29, 1.82) is 0 Å². The van der Waals surface area contributed by atoms with E-state index in [2.05, 4.69) is 53.7 Å². The van der Waals surface area contributed by atoms with Gasteiger partial charge in [0.25, 0.3) is 0 Å². The highest BCUT2D eigenvalue weighted by Crippen LogP contribution is 2.39. The molecule has 2 aromatic heterocycles. The molecule has 0 saturated carbocycles. The summed E-state index contributed by atoms with van der Waals surface area (Å²) in [6, 6.07) is 10.6. The first kappa shape index (κ1) is 18.2. The molecular formula is C23H29N3O. The number of hydrogen-bond donors (Lipinski definition) is 1. The third-order valence-corrected chi connectivity index (χ3v) is 6.10. The van der Waals surface area contributed by atoms with Crippen LogP contribution in [-0.4, -0.2) is 39.7 Å². The number of fused-ring (bicyclic) bond motifs is 3. The zero-order chi connectivity index (χ0) is 19.2. The Hall–Kier alpha value is -2.17. The van der Waals surface area contributed by atoms with Gasteiger partial charge in [0.05, 0.1) is 5.60 Å². The number of benzene rings is 1. The Morgan fingerprint density at radius 1 is 1.26 bits per heavy atom. The van der Waals surface area contributed by atoms with Gasteiger partial charge in [-0.2, -0.15) is 0 Å². The monoisotopic (exact) mass is 363 g/mol. The molecule has 27 heavy (non-hydrogen) atoms. The van der Waals surface area contributed by atoms with Crippen molar-refractivity contribution in [3.63, 3.8) is 0 Å². The van der Waals surface area contributed by atoms with E-state index in [0.29, 0.717) is 6.42 Å². The van der Waals surface area contributed by atoms with Crippen LogP contribution in [0.25, 0.3) is 10.9 Å². The largest absolute Gasteiger partial charge is 0.385 e. The first-order valence-electron chi connectivity index (χ1n) is 9.76. The summed E-state index contributed by atoms with van der Waals surface area (Å²) in [5.74, 6) is 0.264. The number of aliphatic hydroxyl groups is 1. The lowest BCUT2D eigenvalue weighted by Gasteiger charge is -2.30. The molecule has 3 heterocycles. The molecule has 1 aliphatic heterocycles. The number of pyridine rings is 1. The zero-order valence-electron chi connectivity index (χ0n) is 16.7. The van der Waals surface area contributed by atoms with Crippen LogP contribution in [0, 0.1) is 6.92 Å². The Kier molecular flexibility index (Phi) is 4.57. The molecule has 0 amide bonds. The lowest BCUT2D eigenvalue weighted by Crippen LogP contribution is -2.31. The van der Waals surface area contributed by atoms with Crippen molar-refractivity contribution in [2.45, 2.75) is 38.2 Å². The Labute approximate surface area is 161 Å². The molecule has 0 saturated heterocycles. The number of hydrogen-bond acceptors (Lipinski definition) is 3. The van der Waals surface area contributed by atoms with E-state index in [-0.39, 0.29) is 5.92 Å². The van der Waals surface area contributed by atoms with E-state index in [1.807, 2.05) is 19.1 Å². The van der Waals surface area contributed by atoms with Crippen LogP contribution in [0.1, 0.15) is 41.6 Å². The van der Waals surface area contributed by atoms with Crippen LogP contribution in [0.3, 0.4) is 0 Å². The molecule has 1 aromatic carbocycles. The van der Waals surface area contributed by atoms with Crippen molar-refractivity contribution in [3.8, 4) is 0 Å². The number of likely N-dealkylation sites (N-methyl/N-ethyl adjacent to an activating group) is 1. The molecule has 0 radical (unpaired) electrons. The lowest BCUT2D eigenvalue weighted by atomic mass is 9.84. The fourth-order valence-corrected chi connectivity index (χ4v) is 4.73. The van der Waals surface area contributed by atoms with E-state index in [1.54, 1.807) is 12.4 Å². The molecule has 2 unspecified atom stereocenters. The highest BCUT2D eigenvalue weighted by Gasteiger charge is 2.34. The highest BCUT2D eigenvalue weighted by atomic mass is 16.3. The molecule has 0 aliphatic carbocycles. The minimum absolute atomic E-state index is 0.264. The van der Waals surface area contributed by atoms with Gasteiger partial charge >= 0.3 is 0 Å². The van der Waals surface area contributed by atoms with Gasteiger partial charge in [0.1, 0.15) is 0 Å². The summed E-state index contributed by atoms with van der Waals surface area (Å²) in [5, 5.41) is 12.7. The maximum Gasteiger partial charge on any atom is 0.0890 e. The Balaban J connectivity index is 1.81. The molecule has 0 fully saturated rings. The molecule has 4 nitrogen and oxygen atoms in total. The van der Waals surface area contributed by atoms with Crippen LogP contribution in [0.4, 0.5) is 0 Å². The normalized spacial score (nSPS) is 20.3. The van der Waals surface area contributed by atoms with Gasteiger partial charge in [0, 0.05) is 60.6 Å². The van der Waals surface area contributed by atoms with Crippen LogP contribution in [0.15, 0.2) is 42.7 Å². The van der Waals surface area contributed by atoms with Gasteiger partial charge in [-0.25, -0.2) is 0 Å². The molecule has 2 atom stereocenters. The van der Waals surface area contributed by atoms with Gasteiger partial charge < -0.3 is 14.6 Å². The van der Waals surface area contributed by atoms with Crippen molar-refractivity contribution in [2.24, 2.45) is 7.05 Å². The third kappa shape index (κ3) is 3.28. The van der Waals surface area contributed by atoms with E-state index >= 15 is 0 Å². The van der Waals surface area contributed by atoms with Gasteiger partial charge in [-0.05, 0) is 57.5 Å². The predicted molar refractivity (Wildman–Crippen MR) is 110 cm³/mol. The minimum Gasteiger partial charge on any atom is -0.385 e. The van der Waals surface area contributed by atoms with Crippen molar-refractivity contribution in [3.05, 3.63) is 65.1 Å². The van der Waals surface area contributed by atoms with Gasteiger partial charge in [0.2, 0.25) is 0 Å². The SMILES string of the molecule is Cc1ccc2c(c1)c1c(n2C)C(CC(C)(O)c2cccnc2)CN(C)CC1. The average Bonchev–Trinajstić information content (AvgIpc) is 2.80. The zero-order valence-corrected chi connectivity index (χ0v) is 16.7. The number of aromatic nitrogens is 2. The molecule has 142 valence electrons. The summed E-state index contributed by atoms with van der Waals surface area (Å²) >= 11 is 0. The topological polar surface area (TPSA) is 41.3 Å². The van der Waals surface area contributed by atoms with E-state index in [1.165, 1.54) is 27.7 Å². The van der Waals surface area contributed by atoms with Gasteiger partial charge in [-0.3, -0.25) is 4.98 Å². The molecule has 0 spiro atoms. The second kappa shape index (κ2) is 6.77. The average molecular weight is 364 g/mol. The maximum atomic E-state index is 11.3. The van der Waals surface area contributed by atoms with Crippen LogP contribution in [0.2, 0.25) is 0 Å². The Bertz CT molecular complexity index is 959. The fourth-order valence-electron chi connectivity index (χ4n) is 4.73. The second-order valence-corrected chi connectivity index (χ2v) is 8.37. The fraction of sp³-hybridized carbons (Fsp3) is 0.435. The van der Waals surface area contributed by atoms with Gasteiger partial charge in [-0.15, -0.1) is 0 Å². The summed E-state index contributed by atoms with van der Waals surface area (Å²) in [4.78, 5) is 6.60. The minimum atomic E-state index is -0.909. The van der Waals surface area contributed by atoms with E-state index in [9.17, 15) is 5.11 Å². The van der Waals surface area contributed by atoms with Gasteiger partial charge in [0.15, 0.2) is 0 Å². The van der Waals surface area contributed by atoms with Crippen LogP contribution < -0.4 is 0 Å². The Morgan fingerprint density at radius 3 is 2.81 bits per heavy atom. The molecule has 4 rings (SSSR count). The summed E-state index contributed by atoms with van der Waals surface area (Å²) in [6.45, 7) is 6.08. The van der Waals surface area contributed by atoms with Crippen LogP contribution in [-0.2, 0) is 19.1 Å². The summed E-state index contributed by atoms with van der Waals surface area (Å²) in [7, 11) is 4.36. The molecule has 1 aliphatic rings. The Morgan fingerprint density at radius 2 is 2.07 bits per heavy atom. The summed E-state index contributed by atoms with van der Waals surface area (Å²) in [6.07, 6.45) is 5.27. The van der Waals surface area contributed by atoms with E-state index in [0.717, 1.165) is 25.1 Å². The van der Waals surface area contributed by atoms with Crippen molar-refractivity contribution in [2.75, 3.05) is 20.1 Å². The quantitative estimate of drug-likeness (QED) is 0.770. The molecule has 3 aromatic rings. The first-order valence-corrected chi connectivity index (χ1v) is 9.76. The van der Waals surface area contributed by atoms with E-state index in [4.69, 9.17) is 0 Å². The highest BCUT2D eigenvalue weighted by molar-refractivity contribution is 5.86. The second-order valence-electron chi connectivity index (χ2n) is 8.37. The summed E-state index contributed by atoms with van der Waals surface area (Å²) in [5.41, 5.74) is 5.39. The van der Waals surface area contributed by atoms with Crippen molar-refractivity contribution in [1.82, 2.24) is 14.5 Å². The maximum absolute atomic E-state index is 11.3. The van der Waals surface area contributed by atoms with Crippen molar-refractivity contribution >= 4 is 10.9 Å². The summed E-state index contributed by atoms with van der Waals surface area (Å²) < 4.78 is 2.35. The van der Waals surface area contributed by atoms with Crippen LogP contribution >= 0.6 is 0 Å². The molecule has 4 heteroatoms. The molecular weight excluding hydrogens is 334 g/mol. The molecule has 0 bridgehead atoms. The number of rotatable bonds is 3. The lowest BCUT2D eigenvalue weighted by molar-refractivity contribution is 0.0359.